The van der Waals surface area contributed by atoms with Gasteiger partial charge in [0.2, 0.25) is 0 Å². The second-order valence-corrected chi connectivity index (χ2v) is 7.91. The highest BCUT2D eigenvalue weighted by Crippen LogP contribution is 2.14. The Morgan fingerprint density at radius 1 is 1.16 bits per heavy atom. The minimum Gasteiger partial charge on any atom is -0.396 e. The molecular weight excluding hydrogens is 404 g/mol. The van der Waals surface area contributed by atoms with Gasteiger partial charge in [0.25, 0.3) is 5.91 Å². The summed E-state index contributed by atoms with van der Waals surface area (Å²) in [5.41, 5.74) is 2.66. The second kappa shape index (κ2) is 12.8. The molecule has 1 aliphatic rings. The zero-order valence-corrected chi connectivity index (χ0v) is 18.7. The van der Waals surface area contributed by atoms with E-state index in [2.05, 4.69) is 20.9 Å². The summed E-state index contributed by atoms with van der Waals surface area (Å²) in [5, 5.41) is 19.3. The number of carbonyl (C=O) groups excluding carboxylic acids is 1. The topological polar surface area (TPSA) is 95.0 Å². The molecule has 32 heavy (non-hydrogen) atoms. The number of hydrogen-bond acceptors (Lipinski definition) is 4. The van der Waals surface area contributed by atoms with Crippen molar-refractivity contribution in [1.82, 2.24) is 16.0 Å². The van der Waals surface area contributed by atoms with Gasteiger partial charge in [-0.05, 0) is 43.0 Å². The molecule has 0 spiro atoms. The van der Waals surface area contributed by atoms with Crippen LogP contribution >= 0.6 is 0 Å². The van der Waals surface area contributed by atoms with E-state index < -0.39 is 0 Å². The van der Waals surface area contributed by atoms with E-state index in [1.807, 2.05) is 61.5 Å². The van der Waals surface area contributed by atoms with Crippen LogP contribution in [0.4, 0.5) is 0 Å². The Bertz CT molecular complexity index is 867. The molecule has 3 rings (SSSR count). The van der Waals surface area contributed by atoms with Crippen LogP contribution in [0.25, 0.3) is 0 Å². The molecule has 7 nitrogen and oxygen atoms in total. The SMILES string of the molecule is CCNC(=NCc1cccc(C(=O)NCC2CCCO2)c1)NCC(CO)c1ccccc1. The molecule has 0 radical (unpaired) electrons. The predicted octanol–water partition coefficient (Wildman–Crippen LogP) is 2.43. The molecule has 1 fully saturated rings. The molecule has 2 aromatic carbocycles. The maximum Gasteiger partial charge on any atom is 0.251 e. The molecule has 172 valence electrons. The Balaban J connectivity index is 1.56. The third-order valence-corrected chi connectivity index (χ3v) is 5.47. The lowest BCUT2D eigenvalue weighted by molar-refractivity contribution is 0.0857. The van der Waals surface area contributed by atoms with Gasteiger partial charge in [-0.3, -0.25) is 4.79 Å². The quantitative estimate of drug-likeness (QED) is 0.338. The van der Waals surface area contributed by atoms with Gasteiger partial charge < -0.3 is 25.8 Å². The first kappa shape index (κ1) is 23.8. The lowest BCUT2D eigenvalue weighted by atomic mass is 10.0. The van der Waals surface area contributed by atoms with E-state index in [1.54, 1.807) is 0 Å². The molecule has 0 bridgehead atoms. The fourth-order valence-corrected chi connectivity index (χ4v) is 3.67. The number of amides is 1. The highest BCUT2D eigenvalue weighted by molar-refractivity contribution is 5.94. The number of guanidine groups is 1. The van der Waals surface area contributed by atoms with E-state index >= 15 is 0 Å². The molecule has 1 amide bonds. The van der Waals surface area contributed by atoms with Crippen LogP contribution in [0.5, 0.6) is 0 Å². The number of aliphatic imine (C=N–C) groups is 1. The van der Waals surface area contributed by atoms with Crippen molar-refractivity contribution in [3.8, 4) is 0 Å². The zero-order chi connectivity index (χ0) is 22.6. The van der Waals surface area contributed by atoms with Crippen molar-refractivity contribution in [1.29, 1.82) is 0 Å². The summed E-state index contributed by atoms with van der Waals surface area (Å²) in [6.45, 7) is 5.13. The Morgan fingerprint density at radius 3 is 2.72 bits per heavy atom. The number of rotatable bonds is 10. The van der Waals surface area contributed by atoms with E-state index in [9.17, 15) is 9.90 Å². The van der Waals surface area contributed by atoms with Crippen molar-refractivity contribution in [3.05, 3.63) is 71.3 Å². The number of aliphatic hydroxyl groups excluding tert-OH is 1. The van der Waals surface area contributed by atoms with Gasteiger partial charge >= 0.3 is 0 Å². The lowest BCUT2D eigenvalue weighted by Crippen LogP contribution is -2.39. The van der Waals surface area contributed by atoms with Crippen molar-refractivity contribution in [2.24, 2.45) is 4.99 Å². The summed E-state index contributed by atoms with van der Waals surface area (Å²) in [6.07, 6.45) is 2.18. The Morgan fingerprint density at radius 2 is 2.00 bits per heavy atom. The summed E-state index contributed by atoms with van der Waals surface area (Å²) in [6, 6.07) is 17.5. The van der Waals surface area contributed by atoms with Gasteiger partial charge in [-0.25, -0.2) is 4.99 Å². The predicted molar refractivity (Wildman–Crippen MR) is 127 cm³/mol. The number of carbonyl (C=O) groups is 1. The van der Waals surface area contributed by atoms with Crippen molar-refractivity contribution < 1.29 is 14.6 Å². The van der Waals surface area contributed by atoms with Crippen molar-refractivity contribution in [2.75, 3.05) is 32.8 Å². The van der Waals surface area contributed by atoms with Crippen molar-refractivity contribution >= 4 is 11.9 Å². The third-order valence-electron chi connectivity index (χ3n) is 5.47. The first-order valence-corrected chi connectivity index (χ1v) is 11.4. The maximum atomic E-state index is 12.5. The number of ether oxygens (including phenoxy) is 1. The van der Waals surface area contributed by atoms with Gasteiger partial charge in [-0.1, -0.05) is 42.5 Å². The van der Waals surface area contributed by atoms with E-state index in [0.717, 1.165) is 37.1 Å². The molecule has 0 saturated carbocycles. The van der Waals surface area contributed by atoms with E-state index in [0.29, 0.717) is 31.2 Å². The van der Waals surface area contributed by atoms with E-state index in [1.165, 1.54) is 0 Å². The lowest BCUT2D eigenvalue weighted by Gasteiger charge is -2.18. The molecule has 1 aliphatic heterocycles. The molecule has 1 saturated heterocycles. The molecular formula is C25H34N4O3. The van der Waals surface area contributed by atoms with E-state index in [4.69, 9.17) is 4.74 Å². The van der Waals surface area contributed by atoms with Crippen LogP contribution in [0.2, 0.25) is 0 Å². The number of nitrogens with zero attached hydrogens (tertiary/aromatic N) is 1. The molecule has 2 atom stereocenters. The van der Waals surface area contributed by atoms with Crippen molar-refractivity contribution in [3.63, 3.8) is 0 Å². The summed E-state index contributed by atoms with van der Waals surface area (Å²) in [7, 11) is 0. The summed E-state index contributed by atoms with van der Waals surface area (Å²) >= 11 is 0. The molecule has 2 aromatic rings. The Labute approximate surface area is 190 Å². The summed E-state index contributed by atoms with van der Waals surface area (Å²) < 4.78 is 5.56. The van der Waals surface area contributed by atoms with Crippen LogP contribution in [0.3, 0.4) is 0 Å². The Hall–Kier alpha value is -2.90. The number of benzene rings is 2. The second-order valence-electron chi connectivity index (χ2n) is 7.91. The number of nitrogens with one attached hydrogen (secondary N) is 3. The highest BCUT2D eigenvalue weighted by Gasteiger charge is 2.17. The first-order valence-electron chi connectivity index (χ1n) is 11.4. The average molecular weight is 439 g/mol. The Kier molecular flexibility index (Phi) is 9.53. The minimum atomic E-state index is -0.0926. The zero-order valence-electron chi connectivity index (χ0n) is 18.7. The number of aliphatic hydroxyl groups is 1. The monoisotopic (exact) mass is 438 g/mol. The van der Waals surface area contributed by atoms with Gasteiger partial charge in [0.15, 0.2) is 5.96 Å². The van der Waals surface area contributed by atoms with Gasteiger partial charge in [0.05, 0.1) is 19.3 Å². The maximum absolute atomic E-state index is 12.5. The van der Waals surface area contributed by atoms with Gasteiger partial charge in [-0.15, -0.1) is 0 Å². The molecule has 2 unspecified atom stereocenters. The standard InChI is InChI=1S/C25H34N4O3/c1-2-26-25(29-16-22(18-30)20-9-4-3-5-10-20)28-15-19-8-6-11-21(14-19)24(31)27-17-23-12-7-13-32-23/h3-6,8-11,14,22-23,30H,2,7,12-13,15-18H2,1H3,(H,27,31)(H2,26,28,29). The van der Waals surface area contributed by atoms with Crippen LogP contribution in [0.1, 0.15) is 47.2 Å². The molecule has 7 heteroatoms. The van der Waals surface area contributed by atoms with Crippen LogP contribution < -0.4 is 16.0 Å². The van der Waals surface area contributed by atoms with Gasteiger partial charge in [0, 0.05) is 37.7 Å². The molecule has 4 N–H and O–H groups in total. The van der Waals surface area contributed by atoms with Crippen LogP contribution in [0.15, 0.2) is 59.6 Å². The van der Waals surface area contributed by atoms with Crippen molar-refractivity contribution in [2.45, 2.75) is 38.3 Å². The largest absolute Gasteiger partial charge is 0.396 e. The summed E-state index contributed by atoms with van der Waals surface area (Å²) in [4.78, 5) is 17.1. The van der Waals surface area contributed by atoms with Crippen LogP contribution in [-0.2, 0) is 11.3 Å². The number of hydrogen-bond donors (Lipinski definition) is 4. The normalized spacial score (nSPS) is 17.1. The minimum absolute atomic E-state index is 0.0177. The van der Waals surface area contributed by atoms with E-state index in [-0.39, 0.29) is 24.5 Å². The molecule has 1 heterocycles. The average Bonchev–Trinajstić information content (AvgIpc) is 3.36. The third kappa shape index (κ3) is 7.35. The molecule has 0 aliphatic carbocycles. The molecule has 0 aromatic heterocycles. The highest BCUT2D eigenvalue weighted by atomic mass is 16.5. The van der Waals surface area contributed by atoms with Crippen LogP contribution in [-0.4, -0.2) is 55.9 Å². The first-order chi connectivity index (χ1) is 15.7. The van der Waals surface area contributed by atoms with Crippen LogP contribution in [0, 0.1) is 0 Å². The smallest absolute Gasteiger partial charge is 0.251 e. The summed E-state index contributed by atoms with van der Waals surface area (Å²) in [5.74, 6) is 0.566. The van der Waals surface area contributed by atoms with Gasteiger partial charge in [0.1, 0.15) is 0 Å². The fraction of sp³-hybridized carbons (Fsp3) is 0.440. The fourth-order valence-electron chi connectivity index (χ4n) is 3.67. The van der Waals surface area contributed by atoms with Gasteiger partial charge in [-0.2, -0.15) is 0 Å².